The number of hydrogen-bond donors (Lipinski definition) is 0. The van der Waals surface area contributed by atoms with Gasteiger partial charge in [0.15, 0.2) is 5.78 Å². The normalized spacial score (nSPS) is 11.0. The van der Waals surface area contributed by atoms with Crippen molar-refractivity contribution in [3.63, 3.8) is 0 Å². The summed E-state index contributed by atoms with van der Waals surface area (Å²) in [5.41, 5.74) is 1.58. The van der Waals surface area contributed by atoms with Gasteiger partial charge in [-0.25, -0.2) is 4.79 Å². The van der Waals surface area contributed by atoms with Crippen LogP contribution in [0, 0.1) is 0 Å². The Morgan fingerprint density at radius 1 is 0.962 bits per heavy atom. The van der Waals surface area contributed by atoms with Crippen LogP contribution in [0.4, 0.5) is 0 Å². The van der Waals surface area contributed by atoms with E-state index in [2.05, 4.69) is 0 Å². The summed E-state index contributed by atoms with van der Waals surface area (Å²) in [5, 5.41) is 2.25. The smallest absolute Gasteiger partial charge is 0.330 e. The molecule has 0 radical (unpaired) electrons. The van der Waals surface area contributed by atoms with E-state index in [9.17, 15) is 9.59 Å². The van der Waals surface area contributed by atoms with Crippen LogP contribution in [0.1, 0.15) is 28.4 Å². The number of ketones is 1. The van der Waals surface area contributed by atoms with Crippen molar-refractivity contribution in [1.29, 1.82) is 0 Å². The van der Waals surface area contributed by atoms with Crippen LogP contribution in [0.25, 0.3) is 16.8 Å². The van der Waals surface area contributed by atoms with Crippen LogP contribution in [0.15, 0.2) is 66.7 Å². The zero-order valence-corrected chi connectivity index (χ0v) is 15.0. The van der Waals surface area contributed by atoms with E-state index in [-0.39, 0.29) is 5.78 Å². The number of carbonyl (C=O) groups excluding carboxylic acids is 2. The summed E-state index contributed by atoms with van der Waals surface area (Å²) < 4.78 is 4.95. The van der Waals surface area contributed by atoms with Gasteiger partial charge in [-0.1, -0.05) is 54.1 Å². The summed E-state index contributed by atoms with van der Waals surface area (Å²) in [7, 11) is 0. The summed E-state index contributed by atoms with van der Waals surface area (Å²) in [6.07, 6.45) is 2.97. The minimum absolute atomic E-state index is 0.190. The van der Waals surface area contributed by atoms with Gasteiger partial charge in [-0.15, -0.1) is 0 Å². The Morgan fingerprint density at radius 3 is 2.46 bits per heavy atom. The SMILES string of the molecule is CCOC(=O)/C=C/c1c(C(=O)c2ccccc2Cl)ccc2ccccc12. The second-order valence-corrected chi connectivity index (χ2v) is 6.05. The molecule has 0 N–H and O–H groups in total. The Hall–Kier alpha value is -2.91. The van der Waals surface area contributed by atoms with Crippen molar-refractivity contribution in [3.05, 3.63) is 88.5 Å². The van der Waals surface area contributed by atoms with Crippen molar-refractivity contribution in [3.8, 4) is 0 Å². The minimum atomic E-state index is -0.448. The van der Waals surface area contributed by atoms with E-state index in [1.165, 1.54) is 6.08 Å². The molecular formula is C22H17ClO3. The lowest BCUT2D eigenvalue weighted by Crippen LogP contribution is -2.05. The average Bonchev–Trinajstić information content (AvgIpc) is 2.66. The first-order valence-electron chi connectivity index (χ1n) is 8.27. The first-order valence-corrected chi connectivity index (χ1v) is 8.65. The van der Waals surface area contributed by atoms with Crippen molar-refractivity contribution in [2.75, 3.05) is 6.61 Å². The van der Waals surface area contributed by atoms with E-state index >= 15 is 0 Å². The molecule has 0 spiro atoms. The van der Waals surface area contributed by atoms with Crippen LogP contribution < -0.4 is 0 Å². The maximum atomic E-state index is 13.1. The molecular weight excluding hydrogens is 348 g/mol. The summed E-state index contributed by atoms with van der Waals surface area (Å²) in [5.74, 6) is -0.638. The van der Waals surface area contributed by atoms with Gasteiger partial charge in [0, 0.05) is 17.2 Å². The molecule has 4 heteroatoms. The molecule has 0 aliphatic heterocycles. The molecule has 0 atom stereocenters. The fourth-order valence-electron chi connectivity index (χ4n) is 2.81. The molecule has 0 aliphatic rings. The third-order valence-electron chi connectivity index (χ3n) is 4.01. The van der Waals surface area contributed by atoms with Gasteiger partial charge in [0.1, 0.15) is 0 Å². The largest absolute Gasteiger partial charge is 0.463 e. The van der Waals surface area contributed by atoms with Gasteiger partial charge in [0.25, 0.3) is 0 Å². The van der Waals surface area contributed by atoms with E-state index in [4.69, 9.17) is 16.3 Å². The first-order chi connectivity index (χ1) is 12.6. The number of rotatable bonds is 5. The van der Waals surface area contributed by atoms with Crippen LogP contribution >= 0.6 is 11.6 Å². The molecule has 0 fully saturated rings. The monoisotopic (exact) mass is 364 g/mol. The fourth-order valence-corrected chi connectivity index (χ4v) is 3.03. The molecule has 0 bridgehead atoms. The molecule has 26 heavy (non-hydrogen) atoms. The number of hydrogen-bond acceptors (Lipinski definition) is 3. The van der Waals surface area contributed by atoms with Gasteiger partial charge in [-0.05, 0) is 47.5 Å². The van der Waals surface area contributed by atoms with E-state index in [0.29, 0.717) is 28.3 Å². The molecule has 0 unspecified atom stereocenters. The quantitative estimate of drug-likeness (QED) is 0.350. The van der Waals surface area contributed by atoms with Gasteiger partial charge in [0.2, 0.25) is 0 Å². The van der Waals surface area contributed by atoms with Gasteiger partial charge in [0.05, 0.1) is 11.6 Å². The third-order valence-corrected chi connectivity index (χ3v) is 4.34. The lowest BCUT2D eigenvalue weighted by atomic mass is 9.93. The third kappa shape index (κ3) is 3.68. The van der Waals surface area contributed by atoms with Crippen LogP contribution in [0.2, 0.25) is 5.02 Å². The molecule has 0 heterocycles. The molecule has 0 aliphatic carbocycles. The van der Waals surface area contributed by atoms with E-state index in [1.54, 1.807) is 43.3 Å². The van der Waals surface area contributed by atoms with Crippen LogP contribution in [0.5, 0.6) is 0 Å². The maximum absolute atomic E-state index is 13.1. The van der Waals surface area contributed by atoms with Crippen molar-refractivity contribution >= 4 is 40.2 Å². The zero-order valence-electron chi connectivity index (χ0n) is 14.2. The molecule has 0 saturated heterocycles. The number of carbonyl (C=O) groups is 2. The second-order valence-electron chi connectivity index (χ2n) is 5.64. The molecule has 3 aromatic carbocycles. The standard InChI is InChI=1S/C22H17ClO3/c1-2-26-21(24)14-13-17-16-8-4-3-7-15(16)11-12-18(17)22(25)19-9-5-6-10-20(19)23/h3-14H,2H2,1H3/b14-13+. The predicted octanol–water partition coefficient (Wildman–Crippen LogP) is 5.30. The molecule has 3 nitrogen and oxygen atoms in total. The number of esters is 1. The zero-order chi connectivity index (χ0) is 18.5. The number of ether oxygens (including phenoxy) is 1. The summed E-state index contributed by atoms with van der Waals surface area (Å²) >= 11 is 6.20. The van der Waals surface area contributed by atoms with E-state index < -0.39 is 5.97 Å². The topological polar surface area (TPSA) is 43.4 Å². The highest BCUT2D eigenvalue weighted by Crippen LogP contribution is 2.28. The van der Waals surface area contributed by atoms with Crippen molar-refractivity contribution in [2.24, 2.45) is 0 Å². The van der Waals surface area contributed by atoms with Crippen LogP contribution in [-0.2, 0) is 9.53 Å². The van der Waals surface area contributed by atoms with Gasteiger partial charge in [-0.3, -0.25) is 4.79 Å². The summed E-state index contributed by atoms with van der Waals surface area (Å²) in [4.78, 5) is 24.8. The van der Waals surface area contributed by atoms with Gasteiger partial charge in [-0.2, -0.15) is 0 Å². The summed E-state index contributed by atoms with van der Waals surface area (Å²) in [6, 6.07) is 18.3. The van der Waals surface area contributed by atoms with Crippen molar-refractivity contribution in [1.82, 2.24) is 0 Å². The van der Waals surface area contributed by atoms with Crippen molar-refractivity contribution < 1.29 is 14.3 Å². The minimum Gasteiger partial charge on any atom is -0.463 e. The average molecular weight is 365 g/mol. The Kier molecular flexibility index (Phi) is 5.49. The molecule has 0 amide bonds. The lowest BCUT2D eigenvalue weighted by Gasteiger charge is -2.10. The number of halogens is 1. The Labute approximate surface area is 156 Å². The fraction of sp³-hybridized carbons (Fsp3) is 0.0909. The Bertz CT molecular complexity index is 1010. The molecule has 130 valence electrons. The predicted molar refractivity (Wildman–Crippen MR) is 104 cm³/mol. The highest BCUT2D eigenvalue weighted by molar-refractivity contribution is 6.35. The Morgan fingerprint density at radius 2 is 1.69 bits per heavy atom. The second kappa shape index (κ2) is 7.98. The highest BCUT2D eigenvalue weighted by atomic mass is 35.5. The maximum Gasteiger partial charge on any atom is 0.330 e. The van der Waals surface area contributed by atoms with Crippen molar-refractivity contribution in [2.45, 2.75) is 6.92 Å². The molecule has 3 rings (SSSR count). The summed E-state index contributed by atoms with van der Waals surface area (Å²) in [6.45, 7) is 2.04. The lowest BCUT2D eigenvalue weighted by molar-refractivity contribution is -0.137. The van der Waals surface area contributed by atoms with E-state index in [1.807, 2.05) is 30.3 Å². The van der Waals surface area contributed by atoms with E-state index in [0.717, 1.165) is 10.8 Å². The first kappa shape index (κ1) is 17.9. The van der Waals surface area contributed by atoms with Crippen LogP contribution in [-0.4, -0.2) is 18.4 Å². The van der Waals surface area contributed by atoms with Gasteiger partial charge >= 0.3 is 5.97 Å². The molecule has 3 aromatic rings. The number of benzene rings is 3. The number of fused-ring (bicyclic) bond motifs is 1. The molecule has 0 aromatic heterocycles. The van der Waals surface area contributed by atoms with Crippen LogP contribution in [0.3, 0.4) is 0 Å². The Balaban J connectivity index is 2.16. The molecule has 0 saturated carbocycles. The highest BCUT2D eigenvalue weighted by Gasteiger charge is 2.17. The van der Waals surface area contributed by atoms with Gasteiger partial charge < -0.3 is 4.74 Å².